The maximum atomic E-state index is 13.1. The molecule has 6 heteroatoms. The van der Waals surface area contributed by atoms with Crippen LogP contribution in [0, 0.1) is 17.8 Å². The standard InChI is InChI=1S/C19H24N2O4/c22-17-7-3-6-16-13-8-12(10-21(16)17)9-20(11-13)18(23)14-4-1-2-5-15(14)19(24)25/h3,6-7,12-15H,1-2,4-5,8-11H2,(H,24,25)/t12-,13+,14-,15+/m1/s1. The van der Waals surface area contributed by atoms with Gasteiger partial charge in [-0.2, -0.15) is 0 Å². The molecule has 25 heavy (non-hydrogen) atoms. The van der Waals surface area contributed by atoms with Crippen molar-refractivity contribution < 1.29 is 14.7 Å². The van der Waals surface area contributed by atoms with Gasteiger partial charge in [0.25, 0.3) is 5.56 Å². The Bertz CT molecular complexity index is 756. The largest absolute Gasteiger partial charge is 0.481 e. The SMILES string of the molecule is O=C(O)[C@H]1CCCC[C@H]1C(=O)N1C[C@H]2C[C@@H](C1)c1cccc(=O)n1C2. The van der Waals surface area contributed by atoms with Crippen molar-refractivity contribution in [2.75, 3.05) is 13.1 Å². The Morgan fingerprint density at radius 2 is 1.80 bits per heavy atom. The molecule has 2 bridgehead atoms. The predicted molar refractivity (Wildman–Crippen MR) is 91.2 cm³/mol. The number of carboxylic acid groups (broad SMARTS) is 1. The van der Waals surface area contributed by atoms with E-state index in [0.717, 1.165) is 25.0 Å². The van der Waals surface area contributed by atoms with Gasteiger partial charge in [-0.15, -0.1) is 0 Å². The molecule has 2 aliphatic heterocycles. The van der Waals surface area contributed by atoms with Crippen LogP contribution in [0.15, 0.2) is 23.0 Å². The van der Waals surface area contributed by atoms with E-state index in [1.165, 1.54) is 0 Å². The lowest BCUT2D eigenvalue weighted by molar-refractivity contribution is -0.153. The third kappa shape index (κ3) is 2.87. The number of hydrogen-bond acceptors (Lipinski definition) is 3. The van der Waals surface area contributed by atoms with Crippen molar-refractivity contribution in [2.24, 2.45) is 17.8 Å². The summed E-state index contributed by atoms with van der Waals surface area (Å²) >= 11 is 0. The third-order valence-corrected chi connectivity index (χ3v) is 6.19. The van der Waals surface area contributed by atoms with Crippen molar-refractivity contribution in [1.82, 2.24) is 9.47 Å². The summed E-state index contributed by atoms with van der Waals surface area (Å²) in [5.41, 5.74) is 1.05. The fourth-order valence-electron chi connectivity index (χ4n) is 5.03. The number of carbonyl (C=O) groups is 2. The molecule has 6 nitrogen and oxygen atoms in total. The van der Waals surface area contributed by atoms with E-state index in [1.807, 2.05) is 15.5 Å². The molecule has 0 spiro atoms. The number of pyridine rings is 1. The van der Waals surface area contributed by atoms with Gasteiger partial charge in [-0.1, -0.05) is 18.9 Å². The van der Waals surface area contributed by atoms with E-state index in [-0.39, 0.29) is 29.2 Å². The zero-order valence-electron chi connectivity index (χ0n) is 14.3. The summed E-state index contributed by atoms with van der Waals surface area (Å²) in [6, 6.07) is 5.36. The van der Waals surface area contributed by atoms with E-state index < -0.39 is 11.9 Å². The van der Waals surface area contributed by atoms with Crippen LogP contribution in [0.4, 0.5) is 0 Å². The van der Waals surface area contributed by atoms with E-state index in [9.17, 15) is 19.5 Å². The molecule has 1 aromatic heterocycles. The van der Waals surface area contributed by atoms with Crippen LogP contribution in [0.3, 0.4) is 0 Å². The number of piperidine rings is 1. The van der Waals surface area contributed by atoms with Crippen LogP contribution in [0.1, 0.15) is 43.7 Å². The second kappa shape index (κ2) is 6.32. The number of aliphatic carboxylic acids is 1. The first-order valence-corrected chi connectivity index (χ1v) is 9.26. The quantitative estimate of drug-likeness (QED) is 0.885. The molecular formula is C19H24N2O4. The van der Waals surface area contributed by atoms with Crippen molar-refractivity contribution in [3.8, 4) is 0 Å². The number of carboxylic acids is 1. The molecular weight excluding hydrogens is 320 g/mol. The summed E-state index contributed by atoms with van der Waals surface area (Å²) in [7, 11) is 0. The van der Waals surface area contributed by atoms with Gasteiger partial charge in [0, 0.05) is 37.3 Å². The Morgan fingerprint density at radius 1 is 1.04 bits per heavy atom. The second-order valence-electron chi connectivity index (χ2n) is 7.78. The summed E-state index contributed by atoms with van der Waals surface area (Å²) in [6.45, 7) is 1.89. The molecule has 1 N–H and O–H groups in total. The number of rotatable bonds is 2. The van der Waals surface area contributed by atoms with Crippen LogP contribution >= 0.6 is 0 Å². The summed E-state index contributed by atoms with van der Waals surface area (Å²) in [5.74, 6) is -1.30. The van der Waals surface area contributed by atoms with Crippen molar-refractivity contribution in [3.63, 3.8) is 0 Å². The van der Waals surface area contributed by atoms with Gasteiger partial charge in [0.15, 0.2) is 0 Å². The van der Waals surface area contributed by atoms with Crippen molar-refractivity contribution in [1.29, 1.82) is 0 Å². The topological polar surface area (TPSA) is 79.6 Å². The molecule has 3 aliphatic rings. The van der Waals surface area contributed by atoms with E-state index >= 15 is 0 Å². The lowest BCUT2D eigenvalue weighted by Crippen LogP contribution is -2.52. The minimum absolute atomic E-state index is 0.00790. The van der Waals surface area contributed by atoms with Crippen molar-refractivity contribution in [2.45, 2.75) is 44.6 Å². The van der Waals surface area contributed by atoms with Crippen LogP contribution in [0.25, 0.3) is 0 Å². The number of nitrogens with zero attached hydrogens (tertiary/aromatic N) is 2. The number of carbonyl (C=O) groups excluding carboxylic acids is 1. The first-order valence-electron chi connectivity index (χ1n) is 9.26. The number of amides is 1. The Labute approximate surface area is 146 Å². The van der Waals surface area contributed by atoms with E-state index in [4.69, 9.17) is 0 Å². The Morgan fingerprint density at radius 3 is 2.56 bits per heavy atom. The molecule has 0 aromatic carbocycles. The summed E-state index contributed by atoms with van der Waals surface area (Å²) in [5, 5.41) is 9.47. The Kier molecular flexibility index (Phi) is 4.13. The summed E-state index contributed by atoms with van der Waals surface area (Å²) in [6.07, 6.45) is 4.10. The van der Waals surface area contributed by atoms with Crippen molar-refractivity contribution >= 4 is 11.9 Å². The van der Waals surface area contributed by atoms with Gasteiger partial charge in [0.05, 0.1) is 11.8 Å². The van der Waals surface area contributed by atoms with Crippen LogP contribution < -0.4 is 5.56 Å². The van der Waals surface area contributed by atoms with Gasteiger partial charge in [-0.3, -0.25) is 14.4 Å². The fraction of sp³-hybridized carbons (Fsp3) is 0.632. The molecule has 3 heterocycles. The first kappa shape index (κ1) is 16.4. The average molecular weight is 344 g/mol. The number of likely N-dealkylation sites (tertiary alicyclic amines) is 1. The van der Waals surface area contributed by atoms with Crippen LogP contribution in [0.5, 0.6) is 0 Å². The monoisotopic (exact) mass is 344 g/mol. The molecule has 4 rings (SSSR count). The minimum Gasteiger partial charge on any atom is -0.481 e. The molecule has 1 saturated carbocycles. The average Bonchev–Trinajstić information content (AvgIpc) is 2.62. The smallest absolute Gasteiger partial charge is 0.307 e. The molecule has 4 atom stereocenters. The highest BCUT2D eigenvalue weighted by Crippen LogP contribution is 2.38. The van der Waals surface area contributed by atoms with Crippen molar-refractivity contribution in [3.05, 3.63) is 34.2 Å². The second-order valence-corrected chi connectivity index (χ2v) is 7.78. The van der Waals surface area contributed by atoms with Gasteiger partial charge >= 0.3 is 5.97 Å². The summed E-state index contributed by atoms with van der Waals surface area (Å²) in [4.78, 5) is 38.6. The number of fused-ring (bicyclic) bond motifs is 4. The maximum absolute atomic E-state index is 13.1. The maximum Gasteiger partial charge on any atom is 0.307 e. The molecule has 134 valence electrons. The molecule has 0 radical (unpaired) electrons. The minimum atomic E-state index is -0.841. The molecule has 2 fully saturated rings. The number of hydrogen-bond donors (Lipinski definition) is 1. The molecule has 1 amide bonds. The zero-order valence-corrected chi connectivity index (χ0v) is 14.3. The lowest BCUT2D eigenvalue weighted by atomic mass is 9.77. The molecule has 1 aromatic rings. The normalized spacial score (nSPS) is 31.3. The zero-order chi connectivity index (χ0) is 17.6. The fourth-order valence-corrected chi connectivity index (χ4v) is 5.03. The van der Waals surface area contributed by atoms with E-state index in [0.29, 0.717) is 32.5 Å². The molecule has 1 saturated heterocycles. The highest BCUT2D eigenvalue weighted by atomic mass is 16.4. The van der Waals surface area contributed by atoms with Gasteiger partial charge in [-0.25, -0.2) is 0 Å². The molecule has 1 aliphatic carbocycles. The van der Waals surface area contributed by atoms with Crippen LogP contribution in [-0.4, -0.2) is 39.5 Å². The van der Waals surface area contributed by atoms with Crippen LogP contribution in [-0.2, 0) is 16.1 Å². The summed E-state index contributed by atoms with van der Waals surface area (Å²) < 4.78 is 1.85. The Balaban J connectivity index is 1.56. The Hall–Kier alpha value is -2.11. The predicted octanol–water partition coefficient (Wildman–Crippen LogP) is 1.69. The lowest BCUT2D eigenvalue weighted by Gasteiger charge is -2.44. The molecule has 0 unspecified atom stereocenters. The van der Waals surface area contributed by atoms with Gasteiger partial charge in [-0.05, 0) is 31.2 Å². The first-order chi connectivity index (χ1) is 12.0. The van der Waals surface area contributed by atoms with E-state index in [1.54, 1.807) is 12.1 Å². The van der Waals surface area contributed by atoms with Gasteiger partial charge < -0.3 is 14.6 Å². The van der Waals surface area contributed by atoms with Gasteiger partial charge in [0.1, 0.15) is 0 Å². The third-order valence-electron chi connectivity index (χ3n) is 6.19. The van der Waals surface area contributed by atoms with Gasteiger partial charge in [0.2, 0.25) is 5.91 Å². The number of aromatic nitrogens is 1. The van der Waals surface area contributed by atoms with Crippen LogP contribution in [0.2, 0.25) is 0 Å². The highest BCUT2D eigenvalue weighted by Gasteiger charge is 2.42. The highest BCUT2D eigenvalue weighted by molar-refractivity contribution is 5.85. The van der Waals surface area contributed by atoms with E-state index in [2.05, 4.69) is 0 Å².